The van der Waals surface area contributed by atoms with Gasteiger partial charge in [-0.05, 0) is 25.0 Å². The molecule has 2 atom stereocenters. The maximum Gasteiger partial charge on any atom is 0.272 e. The average Bonchev–Trinajstić information content (AvgIpc) is 3.34. The number of furan rings is 1. The van der Waals surface area contributed by atoms with Crippen molar-refractivity contribution in [3.8, 4) is 0 Å². The molecule has 2 fully saturated rings. The molecule has 1 aliphatic carbocycles. The van der Waals surface area contributed by atoms with E-state index in [0.717, 1.165) is 30.6 Å². The third kappa shape index (κ3) is 2.61. The molecule has 0 unspecified atom stereocenters. The highest BCUT2D eigenvalue weighted by atomic mass is 16.3. The second kappa shape index (κ2) is 6.44. The number of aromatic nitrogens is 2. The number of hydrogen-bond donors (Lipinski definition) is 1. The van der Waals surface area contributed by atoms with Gasteiger partial charge in [-0.25, -0.2) is 4.90 Å². The minimum atomic E-state index is -0.410. The number of fused-ring (bicyclic) bond motifs is 1. The zero-order valence-electron chi connectivity index (χ0n) is 14.5. The van der Waals surface area contributed by atoms with Crippen molar-refractivity contribution in [2.24, 2.45) is 18.9 Å². The van der Waals surface area contributed by atoms with Gasteiger partial charge in [0.2, 0.25) is 11.8 Å². The fourth-order valence-corrected chi connectivity index (χ4v) is 3.92. The van der Waals surface area contributed by atoms with Crippen LogP contribution in [0, 0.1) is 11.8 Å². The summed E-state index contributed by atoms with van der Waals surface area (Å²) >= 11 is 0. The maximum absolute atomic E-state index is 12.8. The molecule has 26 heavy (non-hydrogen) atoms. The second-order valence-electron chi connectivity index (χ2n) is 6.77. The molecule has 1 aliphatic heterocycles. The molecule has 1 saturated heterocycles. The first-order valence-electron chi connectivity index (χ1n) is 8.78. The summed E-state index contributed by atoms with van der Waals surface area (Å²) in [6.07, 6.45) is 6.31. The van der Waals surface area contributed by atoms with Crippen LogP contribution in [0.15, 0.2) is 29.0 Å². The monoisotopic (exact) mass is 356 g/mol. The van der Waals surface area contributed by atoms with Gasteiger partial charge in [0, 0.05) is 7.05 Å². The number of amides is 3. The highest BCUT2D eigenvalue weighted by molar-refractivity contribution is 6.23. The van der Waals surface area contributed by atoms with Crippen LogP contribution in [0.5, 0.6) is 0 Å². The lowest BCUT2D eigenvalue weighted by atomic mass is 9.81. The number of nitrogens with zero attached hydrogens (tertiary/aromatic N) is 3. The molecule has 0 spiro atoms. The number of hydrogen-bond acceptors (Lipinski definition) is 5. The van der Waals surface area contributed by atoms with E-state index >= 15 is 0 Å². The van der Waals surface area contributed by atoms with Gasteiger partial charge in [-0.15, -0.1) is 0 Å². The van der Waals surface area contributed by atoms with E-state index in [1.807, 2.05) is 0 Å². The molecule has 8 heteroatoms. The van der Waals surface area contributed by atoms with E-state index in [1.165, 1.54) is 17.1 Å². The average molecular weight is 356 g/mol. The summed E-state index contributed by atoms with van der Waals surface area (Å²) in [7, 11) is 1.61. The van der Waals surface area contributed by atoms with Crippen LogP contribution in [0.2, 0.25) is 0 Å². The number of imide groups is 1. The SMILES string of the molecule is Cn1ncc(N2C(=O)[C@H]3CCCC[C@@H]3C2=O)c1C(=O)NCc1ccco1. The van der Waals surface area contributed by atoms with E-state index in [1.54, 1.807) is 19.2 Å². The van der Waals surface area contributed by atoms with Crippen molar-refractivity contribution in [1.29, 1.82) is 0 Å². The van der Waals surface area contributed by atoms with Crippen LogP contribution in [-0.4, -0.2) is 27.5 Å². The highest BCUT2D eigenvalue weighted by Gasteiger charge is 2.50. The molecule has 1 saturated carbocycles. The summed E-state index contributed by atoms with van der Waals surface area (Å²) in [5.41, 5.74) is 0.450. The Hall–Kier alpha value is -2.90. The van der Waals surface area contributed by atoms with Gasteiger partial charge < -0.3 is 9.73 Å². The van der Waals surface area contributed by atoms with Crippen molar-refractivity contribution in [3.05, 3.63) is 36.0 Å². The lowest BCUT2D eigenvalue weighted by molar-refractivity contribution is -0.122. The van der Waals surface area contributed by atoms with Crippen molar-refractivity contribution in [2.45, 2.75) is 32.2 Å². The molecule has 0 bridgehead atoms. The van der Waals surface area contributed by atoms with Crippen molar-refractivity contribution >= 4 is 23.4 Å². The molecule has 2 aliphatic rings. The van der Waals surface area contributed by atoms with E-state index in [0.29, 0.717) is 5.76 Å². The summed E-state index contributed by atoms with van der Waals surface area (Å²) in [5.74, 6) is -0.764. The molecule has 1 N–H and O–H groups in total. The maximum atomic E-state index is 12.8. The molecule has 2 aromatic rings. The zero-order chi connectivity index (χ0) is 18.3. The van der Waals surface area contributed by atoms with Crippen molar-refractivity contribution < 1.29 is 18.8 Å². The normalized spacial score (nSPS) is 22.6. The van der Waals surface area contributed by atoms with Crippen molar-refractivity contribution in [1.82, 2.24) is 15.1 Å². The van der Waals surface area contributed by atoms with E-state index in [9.17, 15) is 14.4 Å². The first-order chi connectivity index (χ1) is 12.6. The largest absolute Gasteiger partial charge is 0.467 e. The van der Waals surface area contributed by atoms with Crippen LogP contribution in [0.25, 0.3) is 0 Å². The Balaban J connectivity index is 1.60. The van der Waals surface area contributed by atoms with Gasteiger partial charge in [-0.3, -0.25) is 19.1 Å². The third-order valence-electron chi connectivity index (χ3n) is 5.22. The number of anilines is 1. The quantitative estimate of drug-likeness (QED) is 0.840. The Labute approximate surface area is 150 Å². The number of carbonyl (C=O) groups is 3. The first kappa shape index (κ1) is 16.6. The number of nitrogens with one attached hydrogen (secondary N) is 1. The predicted octanol–water partition coefficient (Wildman–Crippen LogP) is 1.62. The highest BCUT2D eigenvalue weighted by Crippen LogP contribution is 2.40. The Morgan fingerprint density at radius 1 is 1.27 bits per heavy atom. The Morgan fingerprint density at radius 3 is 2.58 bits per heavy atom. The number of aryl methyl sites for hydroxylation is 1. The molecule has 3 heterocycles. The van der Waals surface area contributed by atoms with Gasteiger partial charge in [-0.1, -0.05) is 12.8 Å². The Morgan fingerprint density at radius 2 is 1.96 bits per heavy atom. The van der Waals surface area contributed by atoms with Crippen molar-refractivity contribution in [3.63, 3.8) is 0 Å². The lowest BCUT2D eigenvalue weighted by Gasteiger charge is -2.19. The summed E-state index contributed by atoms with van der Waals surface area (Å²) in [6, 6.07) is 3.49. The van der Waals surface area contributed by atoms with Crippen LogP contribution in [-0.2, 0) is 23.2 Å². The van der Waals surface area contributed by atoms with Gasteiger partial charge in [-0.2, -0.15) is 5.10 Å². The summed E-state index contributed by atoms with van der Waals surface area (Å²) in [5, 5.41) is 6.84. The minimum absolute atomic E-state index is 0.192. The molecule has 8 nitrogen and oxygen atoms in total. The zero-order valence-corrected chi connectivity index (χ0v) is 14.5. The molecular formula is C18H20N4O4. The van der Waals surface area contributed by atoms with E-state index < -0.39 is 5.91 Å². The van der Waals surface area contributed by atoms with E-state index in [2.05, 4.69) is 10.4 Å². The van der Waals surface area contributed by atoms with Gasteiger partial charge in [0.25, 0.3) is 5.91 Å². The van der Waals surface area contributed by atoms with Crippen LogP contribution < -0.4 is 10.2 Å². The van der Waals surface area contributed by atoms with Gasteiger partial charge in [0.15, 0.2) is 0 Å². The minimum Gasteiger partial charge on any atom is -0.467 e. The first-order valence-corrected chi connectivity index (χ1v) is 8.78. The molecule has 136 valence electrons. The lowest BCUT2D eigenvalue weighted by Crippen LogP contribution is -2.34. The number of rotatable bonds is 4. The molecule has 0 aromatic carbocycles. The predicted molar refractivity (Wildman–Crippen MR) is 91.0 cm³/mol. The smallest absolute Gasteiger partial charge is 0.272 e. The fraction of sp³-hybridized carbons (Fsp3) is 0.444. The molecule has 4 rings (SSSR count). The summed E-state index contributed by atoms with van der Waals surface area (Å²) < 4.78 is 6.59. The van der Waals surface area contributed by atoms with Crippen LogP contribution in [0.4, 0.5) is 5.69 Å². The Kier molecular flexibility index (Phi) is 4.10. The van der Waals surface area contributed by atoms with Crippen LogP contribution in [0.1, 0.15) is 41.9 Å². The van der Waals surface area contributed by atoms with Crippen molar-refractivity contribution in [2.75, 3.05) is 4.90 Å². The van der Waals surface area contributed by atoms with E-state index in [-0.39, 0.29) is 41.6 Å². The second-order valence-corrected chi connectivity index (χ2v) is 6.77. The molecule has 0 radical (unpaired) electrons. The van der Waals surface area contributed by atoms with E-state index in [4.69, 9.17) is 4.42 Å². The molecule has 3 amide bonds. The third-order valence-corrected chi connectivity index (χ3v) is 5.22. The fourth-order valence-electron chi connectivity index (χ4n) is 3.92. The van der Waals surface area contributed by atoms with Gasteiger partial charge in [0.05, 0.1) is 30.8 Å². The standard InChI is InChI=1S/C18H20N4O4/c1-21-15(16(23)19-9-11-5-4-8-26-11)14(10-20-21)22-17(24)12-6-2-3-7-13(12)18(22)25/h4-5,8,10,12-13H,2-3,6-7,9H2,1H3,(H,19,23)/t12-,13-/m0/s1. The summed E-state index contributed by atoms with van der Waals surface area (Å²) in [6.45, 7) is 0.212. The number of carbonyl (C=O) groups excluding carboxylic acids is 3. The molecule has 2 aromatic heterocycles. The summed E-state index contributed by atoms with van der Waals surface area (Å²) in [4.78, 5) is 39.4. The topological polar surface area (TPSA) is 97.4 Å². The Bertz CT molecular complexity index is 831. The van der Waals surface area contributed by atoms with Gasteiger partial charge in [0.1, 0.15) is 17.1 Å². The van der Waals surface area contributed by atoms with Crippen LogP contribution in [0.3, 0.4) is 0 Å². The van der Waals surface area contributed by atoms with Gasteiger partial charge >= 0.3 is 0 Å². The molecular weight excluding hydrogens is 336 g/mol. The van der Waals surface area contributed by atoms with Crippen LogP contribution >= 0.6 is 0 Å².